The average Bonchev–Trinajstić information content (AvgIpc) is 3.19. The van der Waals surface area contributed by atoms with E-state index in [1.54, 1.807) is 42.5 Å². The highest BCUT2D eigenvalue weighted by Gasteiger charge is 2.22. The number of aromatic nitrogens is 2. The number of rotatable bonds is 4. The van der Waals surface area contributed by atoms with Crippen molar-refractivity contribution in [3.8, 4) is 11.8 Å². The van der Waals surface area contributed by atoms with Gasteiger partial charge in [0.05, 0.1) is 6.20 Å². The summed E-state index contributed by atoms with van der Waals surface area (Å²) in [7, 11) is 0. The molecule has 1 unspecified atom stereocenters. The third-order valence-corrected chi connectivity index (χ3v) is 3.52. The van der Waals surface area contributed by atoms with Gasteiger partial charge in [0.1, 0.15) is 11.9 Å². The number of hydrogen-bond acceptors (Lipinski definition) is 3. The molecule has 0 radical (unpaired) electrons. The van der Waals surface area contributed by atoms with Crippen LogP contribution in [-0.4, -0.2) is 22.0 Å². The number of H-pyrrole nitrogens is 1. The summed E-state index contributed by atoms with van der Waals surface area (Å²) in [5.74, 6) is 4.80. The lowest BCUT2D eigenvalue weighted by atomic mass is 10.1. The number of carbonyl (C=O) groups excluding carboxylic acids is 2. The molecule has 0 fully saturated rings. The Labute approximate surface area is 150 Å². The van der Waals surface area contributed by atoms with Gasteiger partial charge in [-0.15, -0.1) is 0 Å². The molecule has 6 heteroatoms. The van der Waals surface area contributed by atoms with Gasteiger partial charge in [-0.2, -0.15) is 5.10 Å². The fraction of sp³-hybridized carbons (Fsp3) is 0.0500. The van der Waals surface area contributed by atoms with Gasteiger partial charge in [-0.1, -0.05) is 54.5 Å². The first-order valence-corrected chi connectivity index (χ1v) is 7.95. The molecule has 0 aliphatic heterocycles. The highest BCUT2D eigenvalue weighted by atomic mass is 16.2. The molecule has 0 spiro atoms. The molecule has 0 bridgehead atoms. The van der Waals surface area contributed by atoms with E-state index >= 15 is 0 Å². The smallest absolute Gasteiger partial charge is 0.297 e. The van der Waals surface area contributed by atoms with Gasteiger partial charge >= 0.3 is 0 Å². The second-order valence-corrected chi connectivity index (χ2v) is 5.39. The molecule has 0 saturated carbocycles. The molecule has 0 saturated heterocycles. The van der Waals surface area contributed by atoms with E-state index in [2.05, 4.69) is 32.7 Å². The van der Waals surface area contributed by atoms with Gasteiger partial charge in [-0.3, -0.25) is 14.7 Å². The van der Waals surface area contributed by atoms with Crippen LogP contribution in [0.1, 0.15) is 17.2 Å². The van der Waals surface area contributed by atoms with Crippen LogP contribution in [0.15, 0.2) is 72.9 Å². The van der Waals surface area contributed by atoms with Crippen molar-refractivity contribution in [1.82, 2.24) is 15.5 Å². The lowest BCUT2D eigenvalue weighted by Crippen LogP contribution is -2.36. The Morgan fingerprint density at radius 2 is 1.65 bits per heavy atom. The summed E-state index contributed by atoms with van der Waals surface area (Å²) < 4.78 is 0. The van der Waals surface area contributed by atoms with Gasteiger partial charge in [0.25, 0.3) is 11.8 Å². The first-order chi connectivity index (χ1) is 12.7. The average molecular weight is 344 g/mol. The van der Waals surface area contributed by atoms with Crippen LogP contribution >= 0.6 is 0 Å². The largest absolute Gasteiger partial charge is 0.329 e. The van der Waals surface area contributed by atoms with Gasteiger partial charge < -0.3 is 10.6 Å². The van der Waals surface area contributed by atoms with E-state index in [1.807, 2.05) is 24.3 Å². The molecule has 1 heterocycles. The number of hydrogen-bond donors (Lipinski definition) is 3. The zero-order valence-corrected chi connectivity index (χ0v) is 13.8. The molecule has 6 nitrogen and oxygen atoms in total. The van der Waals surface area contributed by atoms with Crippen molar-refractivity contribution in [2.24, 2.45) is 0 Å². The number of carbonyl (C=O) groups is 2. The van der Waals surface area contributed by atoms with Gasteiger partial charge in [0.15, 0.2) is 0 Å². The molecule has 1 atom stereocenters. The Balaban J connectivity index is 1.76. The predicted octanol–water partition coefficient (Wildman–Crippen LogP) is 2.26. The quantitative estimate of drug-likeness (QED) is 0.635. The monoisotopic (exact) mass is 344 g/mol. The molecule has 26 heavy (non-hydrogen) atoms. The topological polar surface area (TPSA) is 86.9 Å². The summed E-state index contributed by atoms with van der Waals surface area (Å²) in [5, 5.41) is 11.8. The Kier molecular flexibility index (Phi) is 5.43. The van der Waals surface area contributed by atoms with Crippen LogP contribution in [0.25, 0.3) is 0 Å². The van der Waals surface area contributed by atoms with Gasteiger partial charge in [0.2, 0.25) is 0 Å². The second-order valence-electron chi connectivity index (χ2n) is 5.39. The molecule has 0 aliphatic rings. The van der Waals surface area contributed by atoms with Crippen molar-refractivity contribution >= 4 is 17.6 Å². The van der Waals surface area contributed by atoms with Crippen molar-refractivity contribution < 1.29 is 9.59 Å². The predicted molar refractivity (Wildman–Crippen MR) is 97.9 cm³/mol. The van der Waals surface area contributed by atoms with Crippen LogP contribution in [0.2, 0.25) is 0 Å². The minimum atomic E-state index is -0.878. The van der Waals surface area contributed by atoms with Crippen molar-refractivity contribution in [3.63, 3.8) is 0 Å². The lowest BCUT2D eigenvalue weighted by molar-refractivity contribution is -0.123. The highest BCUT2D eigenvalue weighted by Crippen LogP contribution is 2.15. The zero-order chi connectivity index (χ0) is 18.2. The van der Waals surface area contributed by atoms with E-state index in [4.69, 9.17) is 0 Å². The molecule has 0 aliphatic carbocycles. The third kappa shape index (κ3) is 4.58. The van der Waals surface area contributed by atoms with E-state index in [1.165, 1.54) is 6.20 Å². The lowest BCUT2D eigenvalue weighted by Gasteiger charge is -2.16. The zero-order valence-electron chi connectivity index (χ0n) is 13.8. The van der Waals surface area contributed by atoms with Gasteiger partial charge in [-0.05, 0) is 17.7 Å². The summed E-state index contributed by atoms with van der Waals surface area (Å²) in [6.07, 6.45) is 1.52. The first kappa shape index (κ1) is 17.0. The number of nitrogens with zero attached hydrogens (tertiary/aromatic N) is 1. The molecule has 3 aromatic rings. The number of benzene rings is 2. The van der Waals surface area contributed by atoms with Crippen LogP contribution in [-0.2, 0) is 9.59 Å². The van der Waals surface area contributed by atoms with Crippen molar-refractivity contribution in [1.29, 1.82) is 0 Å². The maximum atomic E-state index is 12.6. The van der Waals surface area contributed by atoms with E-state index in [-0.39, 0.29) is 0 Å². The Morgan fingerprint density at radius 3 is 2.31 bits per heavy atom. The van der Waals surface area contributed by atoms with E-state index in [0.717, 1.165) is 5.56 Å². The second kappa shape index (κ2) is 8.31. The summed E-state index contributed by atoms with van der Waals surface area (Å²) in [4.78, 5) is 24.8. The van der Waals surface area contributed by atoms with Crippen molar-refractivity contribution in [3.05, 3.63) is 84.1 Å². The SMILES string of the molecule is O=C(C#Cc1ccccc1)NC(C(=O)Nc1ccn[nH]1)c1ccccc1. The standard InChI is InChI=1S/C20H16N4O2/c25-18(12-11-15-7-3-1-4-8-15)23-19(16-9-5-2-6-10-16)20(26)22-17-13-14-21-24-17/h1-10,13-14,19H,(H,23,25)(H2,21,22,24,26). The summed E-state index contributed by atoms with van der Waals surface area (Å²) in [5.41, 5.74) is 1.38. The molecule has 1 aromatic heterocycles. The van der Waals surface area contributed by atoms with E-state index in [0.29, 0.717) is 11.4 Å². The van der Waals surface area contributed by atoms with Gasteiger partial charge in [0, 0.05) is 17.6 Å². The third-order valence-electron chi connectivity index (χ3n) is 3.52. The molecule has 2 amide bonds. The molecule has 3 rings (SSSR count). The van der Waals surface area contributed by atoms with Crippen molar-refractivity contribution in [2.45, 2.75) is 6.04 Å². The summed E-state index contributed by atoms with van der Waals surface area (Å²) in [6.45, 7) is 0. The minimum Gasteiger partial charge on any atom is -0.329 e. The van der Waals surface area contributed by atoms with Crippen LogP contribution in [0.5, 0.6) is 0 Å². The molecular weight excluding hydrogens is 328 g/mol. The maximum Gasteiger partial charge on any atom is 0.297 e. The van der Waals surface area contributed by atoms with Gasteiger partial charge in [-0.25, -0.2) is 0 Å². The molecule has 3 N–H and O–H groups in total. The molecular formula is C20H16N4O2. The van der Waals surface area contributed by atoms with E-state index in [9.17, 15) is 9.59 Å². The molecule has 2 aromatic carbocycles. The van der Waals surface area contributed by atoms with Crippen LogP contribution < -0.4 is 10.6 Å². The maximum absolute atomic E-state index is 12.6. The Morgan fingerprint density at radius 1 is 0.962 bits per heavy atom. The number of nitrogens with one attached hydrogen (secondary N) is 3. The Bertz CT molecular complexity index is 926. The highest BCUT2D eigenvalue weighted by molar-refractivity contribution is 6.01. The van der Waals surface area contributed by atoms with Crippen molar-refractivity contribution in [2.75, 3.05) is 5.32 Å². The Hall–Kier alpha value is -3.85. The number of amides is 2. The van der Waals surface area contributed by atoms with Crippen LogP contribution in [0, 0.1) is 11.8 Å². The minimum absolute atomic E-state index is 0.393. The number of aromatic amines is 1. The van der Waals surface area contributed by atoms with E-state index < -0.39 is 17.9 Å². The number of anilines is 1. The summed E-state index contributed by atoms with van der Waals surface area (Å²) >= 11 is 0. The van der Waals surface area contributed by atoms with Crippen LogP contribution in [0.4, 0.5) is 5.82 Å². The summed E-state index contributed by atoms with van der Waals surface area (Å²) in [6, 6.07) is 18.9. The fourth-order valence-corrected chi connectivity index (χ4v) is 2.29. The first-order valence-electron chi connectivity index (χ1n) is 7.95. The molecule has 128 valence electrons. The van der Waals surface area contributed by atoms with Crippen LogP contribution in [0.3, 0.4) is 0 Å². The fourth-order valence-electron chi connectivity index (χ4n) is 2.29. The normalized spacial score (nSPS) is 10.9.